The summed E-state index contributed by atoms with van der Waals surface area (Å²) in [4.78, 5) is 27.9. The summed E-state index contributed by atoms with van der Waals surface area (Å²) < 4.78 is 5.33. The van der Waals surface area contributed by atoms with E-state index in [0.29, 0.717) is 11.9 Å². The molecular weight excluding hydrogens is 464 g/mol. The van der Waals surface area contributed by atoms with E-state index in [4.69, 9.17) is 4.74 Å². The number of rotatable bonds is 6. The molecule has 2 aromatic carbocycles. The van der Waals surface area contributed by atoms with Gasteiger partial charge < -0.3 is 25.3 Å². The van der Waals surface area contributed by atoms with Crippen LogP contribution in [0.4, 0.5) is 4.79 Å². The fourth-order valence-electron chi connectivity index (χ4n) is 4.52. The van der Waals surface area contributed by atoms with E-state index in [9.17, 15) is 4.79 Å². The van der Waals surface area contributed by atoms with Crippen LogP contribution in [-0.2, 0) is 4.74 Å². The van der Waals surface area contributed by atoms with Crippen molar-refractivity contribution >= 4 is 6.09 Å². The number of imidazole rings is 2. The van der Waals surface area contributed by atoms with Crippen LogP contribution in [0.1, 0.15) is 64.3 Å². The van der Waals surface area contributed by atoms with Gasteiger partial charge in [0.1, 0.15) is 17.2 Å². The van der Waals surface area contributed by atoms with Crippen molar-refractivity contribution in [1.82, 2.24) is 30.6 Å². The lowest BCUT2D eigenvalue weighted by Gasteiger charge is -2.21. The Labute approximate surface area is 217 Å². The second-order valence-electron chi connectivity index (χ2n) is 10.5. The summed E-state index contributed by atoms with van der Waals surface area (Å²) in [6.45, 7) is 8.44. The molecule has 1 unspecified atom stereocenters. The smallest absolute Gasteiger partial charge is 0.408 e. The first-order valence-electron chi connectivity index (χ1n) is 12.8. The highest BCUT2D eigenvalue weighted by atomic mass is 16.6. The van der Waals surface area contributed by atoms with Gasteiger partial charge in [-0.25, -0.2) is 14.8 Å². The predicted molar refractivity (Wildman–Crippen MR) is 145 cm³/mol. The fraction of sp³-hybridized carbons (Fsp3) is 0.345. The lowest BCUT2D eigenvalue weighted by atomic mass is 10.0. The van der Waals surface area contributed by atoms with Gasteiger partial charge in [-0.2, -0.15) is 0 Å². The van der Waals surface area contributed by atoms with E-state index in [1.165, 1.54) is 6.42 Å². The van der Waals surface area contributed by atoms with Gasteiger partial charge in [-0.15, -0.1) is 0 Å². The highest BCUT2D eigenvalue weighted by molar-refractivity contribution is 5.71. The van der Waals surface area contributed by atoms with Crippen LogP contribution in [0.3, 0.4) is 0 Å². The van der Waals surface area contributed by atoms with E-state index in [1.807, 2.05) is 33.9 Å². The number of aromatic amines is 2. The Morgan fingerprint density at radius 1 is 0.919 bits per heavy atom. The number of carbonyl (C=O) groups excluding carboxylic acids is 1. The second-order valence-corrected chi connectivity index (χ2v) is 10.5. The van der Waals surface area contributed by atoms with Crippen LogP contribution in [0.25, 0.3) is 33.6 Å². The first kappa shape index (κ1) is 24.8. The van der Waals surface area contributed by atoms with Gasteiger partial charge in [-0.1, -0.05) is 48.5 Å². The monoisotopic (exact) mass is 498 g/mol. The molecule has 1 amide bonds. The number of hydrogen-bond acceptors (Lipinski definition) is 5. The lowest BCUT2D eigenvalue weighted by Crippen LogP contribution is -2.34. The van der Waals surface area contributed by atoms with Crippen molar-refractivity contribution in [3.05, 3.63) is 72.6 Å². The van der Waals surface area contributed by atoms with Gasteiger partial charge in [-0.3, -0.25) is 0 Å². The minimum atomic E-state index is -0.546. The van der Waals surface area contributed by atoms with E-state index in [0.717, 1.165) is 52.4 Å². The summed E-state index contributed by atoms with van der Waals surface area (Å²) >= 11 is 0. The fourth-order valence-corrected chi connectivity index (χ4v) is 4.52. The maximum Gasteiger partial charge on any atom is 0.408 e. The van der Waals surface area contributed by atoms with Crippen LogP contribution in [-0.4, -0.2) is 38.2 Å². The Morgan fingerprint density at radius 2 is 1.49 bits per heavy atom. The van der Waals surface area contributed by atoms with Crippen molar-refractivity contribution < 1.29 is 9.53 Å². The molecule has 1 saturated heterocycles. The first-order valence-corrected chi connectivity index (χ1v) is 12.8. The van der Waals surface area contributed by atoms with Crippen LogP contribution in [0.5, 0.6) is 0 Å². The number of amides is 1. The molecule has 4 N–H and O–H groups in total. The number of carbonyl (C=O) groups is 1. The largest absolute Gasteiger partial charge is 0.444 e. The molecule has 0 radical (unpaired) electrons. The topological polar surface area (TPSA) is 108 Å². The number of alkyl carbamates (subject to hydrolysis) is 1. The second kappa shape index (κ2) is 10.2. The molecule has 1 aliphatic rings. The molecule has 0 saturated carbocycles. The number of benzene rings is 2. The number of H-pyrrole nitrogens is 2. The van der Waals surface area contributed by atoms with Gasteiger partial charge in [0.2, 0.25) is 0 Å². The molecule has 1 fully saturated rings. The Bertz CT molecular complexity index is 1340. The average Bonchev–Trinajstić information content (AvgIpc) is 3.65. The maximum absolute atomic E-state index is 12.1. The molecule has 0 aliphatic carbocycles. The zero-order valence-corrected chi connectivity index (χ0v) is 21.8. The Hall–Kier alpha value is -3.91. The molecule has 8 heteroatoms. The molecule has 8 nitrogen and oxygen atoms in total. The minimum Gasteiger partial charge on any atom is -0.444 e. The minimum absolute atomic E-state index is 0.304. The van der Waals surface area contributed by atoms with Crippen molar-refractivity contribution in [2.24, 2.45) is 0 Å². The van der Waals surface area contributed by atoms with Crippen molar-refractivity contribution in [2.45, 2.75) is 58.2 Å². The standard InChI is InChI=1S/C29H34N6O2/c1-18(33-28(36)37-29(2,3)4)26-31-16-24(34-26)21-11-7-19(8-12-21)20-9-13-22(14-10-20)25-17-32-27(35-25)23-6-5-15-30-23/h7-14,16-18,23,30H,5-6,15H2,1-4H3,(H,31,34)(H,32,35)(H,33,36)/t18?,23-/m0/s1. The zero-order valence-electron chi connectivity index (χ0n) is 21.8. The van der Waals surface area contributed by atoms with Crippen molar-refractivity contribution in [1.29, 1.82) is 0 Å². The van der Waals surface area contributed by atoms with Crippen molar-refractivity contribution in [3.63, 3.8) is 0 Å². The highest BCUT2D eigenvalue weighted by Crippen LogP contribution is 2.28. The summed E-state index contributed by atoms with van der Waals surface area (Å²) in [5.41, 5.74) is 5.81. The number of hydrogen-bond donors (Lipinski definition) is 4. The van der Waals surface area contributed by atoms with E-state index < -0.39 is 11.7 Å². The molecule has 2 atom stereocenters. The summed E-state index contributed by atoms with van der Waals surface area (Å²) in [5.74, 6) is 1.69. The van der Waals surface area contributed by atoms with E-state index >= 15 is 0 Å². The summed E-state index contributed by atoms with van der Waals surface area (Å²) in [6, 6.07) is 16.9. The molecule has 3 heterocycles. The normalized spacial score (nSPS) is 16.5. The van der Waals surface area contributed by atoms with Crippen LogP contribution >= 0.6 is 0 Å². The molecule has 1 aliphatic heterocycles. The molecule has 0 spiro atoms. The van der Waals surface area contributed by atoms with Crippen molar-refractivity contribution in [2.75, 3.05) is 6.54 Å². The molecule has 5 rings (SSSR count). The van der Waals surface area contributed by atoms with Gasteiger partial charge in [-0.05, 0) is 69.3 Å². The molecule has 2 aromatic heterocycles. The van der Waals surface area contributed by atoms with Crippen LogP contribution in [0.15, 0.2) is 60.9 Å². The van der Waals surface area contributed by atoms with E-state index in [1.54, 1.807) is 6.20 Å². The molecule has 192 valence electrons. The Kier molecular flexibility index (Phi) is 6.84. The Balaban J connectivity index is 1.23. The predicted octanol–water partition coefficient (Wildman–Crippen LogP) is 6.14. The van der Waals surface area contributed by atoms with Gasteiger partial charge in [0.15, 0.2) is 0 Å². The summed E-state index contributed by atoms with van der Waals surface area (Å²) in [5, 5.41) is 6.30. The SMILES string of the molecule is CC(NC(=O)OC(C)(C)C)c1ncc(-c2ccc(-c3ccc(-c4cnc([C@@H]5CCCN5)[nH]4)cc3)cc2)[nH]1. The third-order valence-corrected chi connectivity index (χ3v) is 6.45. The van der Waals surface area contributed by atoms with Crippen LogP contribution in [0.2, 0.25) is 0 Å². The van der Waals surface area contributed by atoms with Gasteiger partial charge in [0, 0.05) is 0 Å². The summed E-state index contributed by atoms with van der Waals surface area (Å²) in [6.07, 6.45) is 5.56. The first-order chi connectivity index (χ1) is 17.7. The molecular formula is C29H34N6O2. The molecule has 37 heavy (non-hydrogen) atoms. The summed E-state index contributed by atoms with van der Waals surface area (Å²) in [7, 11) is 0. The highest BCUT2D eigenvalue weighted by Gasteiger charge is 2.20. The van der Waals surface area contributed by atoms with Crippen molar-refractivity contribution in [3.8, 4) is 33.6 Å². The van der Waals surface area contributed by atoms with Gasteiger partial charge >= 0.3 is 6.09 Å². The number of nitrogens with zero attached hydrogens (tertiary/aromatic N) is 2. The van der Waals surface area contributed by atoms with Crippen LogP contribution < -0.4 is 10.6 Å². The van der Waals surface area contributed by atoms with Crippen LogP contribution in [0, 0.1) is 0 Å². The zero-order chi connectivity index (χ0) is 26.0. The molecule has 0 bridgehead atoms. The average molecular weight is 499 g/mol. The van der Waals surface area contributed by atoms with E-state index in [2.05, 4.69) is 79.1 Å². The third-order valence-electron chi connectivity index (χ3n) is 6.45. The third kappa shape index (κ3) is 5.91. The number of ether oxygens (including phenoxy) is 1. The van der Waals surface area contributed by atoms with E-state index in [-0.39, 0.29) is 6.04 Å². The van der Waals surface area contributed by atoms with Gasteiger partial charge in [0.25, 0.3) is 0 Å². The lowest BCUT2D eigenvalue weighted by molar-refractivity contribution is 0.0506. The van der Waals surface area contributed by atoms with Gasteiger partial charge in [0.05, 0.1) is 35.9 Å². The number of aromatic nitrogens is 4. The maximum atomic E-state index is 12.1. The Morgan fingerprint density at radius 3 is 2.05 bits per heavy atom. The molecule has 4 aromatic rings. The number of nitrogens with one attached hydrogen (secondary N) is 4. The quantitative estimate of drug-likeness (QED) is 0.255.